The standard InChI is InChI=1S/C16H24N2O3/c1-18(13-8-9-17-11-13)16(19)7-4-12-10-14(20-2)5-6-15(12)21-3/h5-6,10,13,17H,4,7-9,11H2,1-3H3. The van der Waals surface area contributed by atoms with E-state index in [-0.39, 0.29) is 5.91 Å². The van der Waals surface area contributed by atoms with Crippen LogP contribution in [0.2, 0.25) is 0 Å². The van der Waals surface area contributed by atoms with Crippen LogP contribution in [-0.2, 0) is 11.2 Å². The van der Waals surface area contributed by atoms with E-state index in [1.54, 1.807) is 14.2 Å². The van der Waals surface area contributed by atoms with Gasteiger partial charge in [0, 0.05) is 26.1 Å². The summed E-state index contributed by atoms with van der Waals surface area (Å²) in [5.41, 5.74) is 1.00. The van der Waals surface area contributed by atoms with E-state index in [0.29, 0.717) is 18.9 Å². The van der Waals surface area contributed by atoms with Gasteiger partial charge in [-0.1, -0.05) is 0 Å². The Morgan fingerprint density at radius 3 is 2.81 bits per heavy atom. The van der Waals surface area contributed by atoms with Gasteiger partial charge in [0.15, 0.2) is 0 Å². The van der Waals surface area contributed by atoms with Crippen molar-refractivity contribution >= 4 is 5.91 Å². The first kappa shape index (κ1) is 15.6. The minimum atomic E-state index is 0.175. The summed E-state index contributed by atoms with van der Waals surface area (Å²) in [4.78, 5) is 14.2. The fraction of sp³-hybridized carbons (Fsp3) is 0.562. The number of hydrogen-bond donors (Lipinski definition) is 1. The third-order valence-corrected chi connectivity index (χ3v) is 4.07. The van der Waals surface area contributed by atoms with Crippen LogP contribution in [0.15, 0.2) is 18.2 Å². The fourth-order valence-electron chi connectivity index (χ4n) is 2.67. The van der Waals surface area contributed by atoms with Gasteiger partial charge in [-0.25, -0.2) is 0 Å². The molecule has 116 valence electrons. The number of nitrogens with zero attached hydrogens (tertiary/aromatic N) is 1. The molecule has 1 aliphatic rings. The second kappa shape index (κ2) is 7.31. The molecule has 5 heteroatoms. The van der Waals surface area contributed by atoms with E-state index in [1.807, 2.05) is 30.1 Å². The third-order valence-electron chi connectivity index (χ3n) is 4.07. The molecule has 1 saturated heterocycles. The summed E-state index contributed by atoms with van der Waals surface area (Å²) in [5, 5.41) is 3.28. The van der Waals surface area contributed by atoms with Crippen molar-refractivity contribution in [2.24, 2.45) is 0 Å². The minimum Gasteiger partial charge on any atom is -0.497 e. The second-order valence-electron chi connectivity index (χ2n) is 5.33. The molecule has 0 aliphatic carbocycles. The SMILES string of the molecule is COc1ccc(OC)c(CCC(=O)N(C)C2CCNC2)c1. The van der Waals surface area contributed by atoms with E-state index < -0.39 is 0 Å². The monoisotopic (exact) mass is 292 g/mol. The van der Waals surface area contributed by atoms with Crippen molar-refractivity contribution in [1.82, 2.24) is 10.2 Å². The molecule has 1 aliphatic heterocycles. The maximum atomic E-state index is 12.3. The lowest BCUT2D eigenvalue weighted by Gasteiger charge is -2.24. The predicted octanol–water partition coefficient (Wildman–Crippen LogP) is 1.46. The van der Waals surface area contributed by atoms with Crippen molar-refractivity contribution in [2.75, 3.05) is 34.4 Å². The van der Waals surface area contributed by atoms with Gasteiger partial charge < -0.3 is 19.7 Å². The predicted molar refractivity (Wildman–Crippen MR) is 81.9 cm³/mol. The van der Waals surface area contributed by atoms with Crippen LogP contribution >= 0.6 is 0 Å². The van der Waals surface area contributed by atoms with Crippen LogP contribution < -0.4 is 14.8 Å². The maximum Gasteiger partial charge on any atom is 0.222 e. The zero-order valence-electron chi connectivity index (χ0n) is 13.0. The Morgan fingerprint density at radius 2 is 2.19 bits per heavy atom. The van der Waals surface area contributed by atoms with Gasteiger partial charge in [0.25, 0.3) is 0 Å². The van der Waals surface area contributed by atoms with Gasteiger partial charge in [-0.15, -0.1) is 0 Å². The molecule has 0 bridgehead atoms. The highest BCUT2D eigenvalue weighted by molar-refractivity contribution is 5.76. The van der Waals surface area contributed by atoms with Crippen molar-refractivity contribution in [3.05, 3.63) is 23.8 Å². The first-order valence-electron chi connectivity index (χ1n) is 7.33. The first-order valence-corrected chi connectivity index (χ1v) is 7.33. The van der Waals surface area contributed by atoms with Crippen LogP contribution in [0.3, 0.4) is 0 Å². The molecule has 0 radical (unpaired) electrons. The topological polar surface area (TPSA) is 50.8 Å². The number of hydrogen-bond acceptors (Lipinski definition) is 4. The molecule has 1 fully saturated rings. The Balaban J connectivity index is 1.96. The van der Waals surface area contributed by atoms with Crippen LogP contribution in [0.5, 0.6) is 11.5 Å². The number of carbonyl (C=O) groups is 1. The van der Waals surface area contributed by atoms with E-state index in [0.717, 1.165) is 36.6 Å². The number of likely N-dealkylation sites (N-methyl/N-ethyl adjacent to an activating group) is 1. The zero-order valence-corrected chi connectivity index (χ0v) is 13.0. The molecule has 21 heavy (non-hydrogen) atoms. The van der Waals surface area contributed by atoms with Crippen molar-refractivity contribution in [2.45, 2.75) is 25.3 Å². The zero-order chi connectivity index (χ0) is 15.2. The summed E-state index contributed by atoms with van der Waals surface area (Å²) in [6.45, 7) is 1.89. The van der Waals surface area contributed by atoms with Crippen molar-refractivity contribution in [1.29, 1.82) is 0 Å². The summed E-state index contributed by atoms with van der Waals surface area (Å²) in [5.74, 6) is 1.76. The summed E-state index contributed by atoms with van der Waals surface area (Å²) in [7, 11) is 5.17. The Hall–Kier alpha value is -1.75. The average Bonchev–Trinajstić information content (AvgIpc) is 3.05. The lowest BCUT2D eigenvalue weighted by Crippen LogP contribution is -2.38. The summed E-state index contributed by atoms with van der Waals surface area (Å²) in [6.07, 6.45) is 2.17. The Kier molecular flexibility index (Phi) is 5.44. The lowest BCUT2D eigenvalue weighted by molar-refractivity contribution is -0.131. The molecule has 1 N–H and O–H groups in total. The molecule has 0 aromatic heterocycles. The molecule has 1 unspecified atom stereocenters. The number of benzene rings is 1. The minimum absolute atomic E-state index is 0.175. The van der Waals surface area contributed by atoms with Crippen molar-refractivity contribution in [3.63, 3.8) is 0 Å². The van der Waals surface area contributed by atoms with Crippen LogP contribution in [0.4, 0.5) is 0 Å². The number of methoxy groups -OCH3 is 2. The molecular weight excluding hydrogens is 268 g/mol. The number of amides is 1. The summed E-state index contributed by atoms with van der Waals surface area (Å²) in [6, 6.07) is 6.00. The Morgan fingerprint density at radius 1 is 1.38 bits per heavy atom. The van der Waals surface area contributed by atoms with Crippen LogP contribution in [0.25, 0.3) is 0 Å². The normalized spacial score (nSPS) is 17.6. The molecular formula is C16H24N2O3. The highest BCUT2D eigenvalue weighted by Gasteiger charge is 2.23. The number of ether oxygens (including phenoxy) is 2. The van der Waals surface area contributed by atoms with Gasteiger partial charge in [-0.05, 0) is 43.1 Å². The highest BCUT2D eigenvalue weighted by atomic mass is 16.5. The van der Waals surface area contributed by atoms with Crippen molar-refractivity contribution < 1.29 is 14.3 Å². The molecule has 0 spiro atoms. The number of carbonyl (C=O) groups excluding carboxylic acids is 1. The van der Waals surface area contributed by atoms with E-state index in [1.165, 1.54) is 0 Å². The van der Waals surface area contributed by atoms with E-state index in [2.05, 4.69) is 5.32 Å². The largest absolute Gasteiger partial charge is 0.497 e. The lowest BCUT2D eigenvalue weighted by atomic mass is 10.1. The van der Waals surface area contributed by atoms with Gasteiger partial charge >= 0.3 is 0 Å². The molecule has 5 nitrogen and oxygen atoms in total. The van der Waals surface area contributed by atoms with Gasteiger partial charge in [0.05, 0.1) is 14.2 Å². The number of nitrogens with one attached hydrogen (secondary N) is 1. The van der Waals surface area contributed by atoms with Gasteiger partial charge in [0.1, 0.15) is 11.5 Å². The Bertz CT molecular complexity index is 484. The molecule has 1 aromatic carbocycles. The van der Waals surface area contributed by atoms with E-state index in [4.69, 9.17) is 9.47 Å². The van der Waals surface area contributed by atoms with E-state index in [9.17, 15) is 4.79 Å². The fourth-order valence-corrected chi connectivity index (χ4v) is 2.67. The number of rotatable bonds is 6. The van der Waals surface area contributed by atoms with Gasteiger partial charge in [0.2, 0.25) is 5.91 Å². The quantitative estimate of drug-likeness (QED) is 0.862. The maximum absolute atomic E-state index is 12.3. The van der Waals surface area contributed by atoms with Gasteiger partial charge in [-0.3, -0.25) is 4.79 Å². The molecule has 2 rings (SSSR count). The summed E-state index contributed by atoms with van der Waals surface area (Å²) >= 11 is 0. The Labute approximate surface area is 126 Å². The smallest absolute Gasteiger partial charge is 0.222 e. The molecule has 1 atom stereocenters. The van der Waals surface area contributed by atoms with Crippen LogP contribution in [0, 0.1) is 0 Å². The van der Waals surface area contributed by atoms with Crippen LogP contribution in [0.1, 0.15) is 18.4 Å². The summed E-state index contributed by atoms with van der Waals surface area (Å²) < 4.78 is 10.6. The molecule has 1 heterocycles. The van der Waals surface area contributed by atoms with E-state index >= 15 is 0 Å². The molecule has 1 aromatic rings. The average molecular weight is 292 g/mol. The van der Waals surface area contributed by atoms with Crippen LogP contribution in [-0.4, -0.2) is 51.2 Å². The van der Waals surface area contributed by atoms with Gasteiger partial charge in [-0.2, -0.15) is 0 Å². The number of aryl methyl sites for hydroxylation is 1. The molecule has 1 amide bonds. The highest BCUT2D eigenvalue weighted by Crippen LogP contribution is 2.25. The first-order chi connectivity index (χ1) is 10.2. The molecule has 0 saturated carbocycles. The second-order valence-corrected chi connectivity index (χ2v) is 5.33. The van der Waals surface area contributed by atoms with Crippen molar-refractivity contribution in [3.8, 4) is 11.5 Å². The third kappa shape index (κ3) is 3.88.